The number of hydrogen-bond acceptors (Lipinski definition) is 4. The van der Waals surface area contributed by atoms with Gasteiger partial charge in [-0.25, -0.2) is 0 Å². The molecule has 0 radical (unpaired) electrons. The van der Waals surface area contributed by atoms with Crippen molar-refractivity contribution in [2.24, 2.45) is 0 Å². The van der Waals surface area contributed by atoms with E-state index in [1.807, 2.05) is 0 Å². The van der Waals surface area contributed by atoms with E-state index in [1.54, 1.807) is 18.2 Å². The summed E-state index contributed by atoms with van der Waals surface area (Å²) in [5.74, 6) is 0.134. The highest BCUT2D eigenvalue weighted by atomic mass is 19.3. The molecule has 0 aromatic heterocycles. The molecule has 1 aliphatic rings. The third-order valence-corrected chi connectivity index (χ3v) is 3.26. The van der Waals surface area contributed by atoms with E-state index >= 15 is 0 Å². The van der Waals surface area contributed by atoms with Crippen LogP contribution in [0, 0.1) is 0 Å². The summed E-state index contributed by atoms with van der Waals surface area (Å²) in [7, 11) is 0. The predicted octanol–water partition coefficient (Wildman–Crippen LogP) is 1.23. The van der Waals surface area contributed by atoms with Crippen molar-refractivity contribution in [2.45, 2.75) is 12.7 Å². The van der Waals surface area contributed by atoms with Crippen molar-refractivity contribution in [3.8, 4) is 5.75 Å². The van der Waals surface area contributed by atoms with Crippen LogP contribution in [0.4, 0.5) is 8.78 Å². The number of halogens is 2. The number of para-hydroxylation sites is 1. The fourth-order valence-electron chi connectivity index (χ4n) is 2.36. The largest absolute Gasteiger partial charge is 0.434 e. The predicted molar refractivity (Wildman–Crippen MR) is 67.3 cm³/mol. The highest BCUT2D eigenvalue weighted by molar-refractivity contribution is 5.36. The van der Waals surface area contributed by atoms with Gasteiger partial charge in [0.1, 0.15) is 5.75 Å². The van der Waals surface area contributed by atoms with Gasteiger partial charge in [0.2, 0.25) is 0 Å². The molecule has 1 saturated heterocycles. The summed E-state index contributed by atoms with van der Waals surface area (Å²) in [6, 6.07) is 6.33. The van der Waals surface area contributed by atoms with Crippen molar-refractivity contribution in [1.29, 1.82) is 0 Å². The molecule has 0 bridgehead atoms. The maximum Gasteiger partial charge on any atom is 0.387 e. The Bertz CT molecular complexity index is 398. The van der Waals surface area contributed by atoms with Crippen LogP contribution < -0.4 is 10.1 Å². The van der Waals surface area contributed by atoms with Crippen LogP contribution in [0.3, 0.4) is 0 Å². The number of nitrogens with one attached hydrogen (secondary N) is 1. The molecule has 1 fully saturated rings. The Morgan fingerprint density at radius 3 is 2.58 bits per heavy atom. The lowest BCUT2D eigenvalue weighted by atomic mass is 10.0. The standard InChI is InChI=1S/C13H18F2N2O2/c14-13(15)19-12-4-2-1-3-10(12)11(9-18)17-7-5-16-6-8-17/h1-4,11,13,16,18H,5-9H2. The summed E-state index contributed by atoms with van der Waals surface area (Å²) in [6.45, 7) is 0.220. The van der Waals surface area contributed by atoms with Gasteiger partial charge in [-0.05, 0) is 6.07 Å². The molecule has 1 aromatic carbocycles. The van der Waals surface area contributed by atoms with Crippen molar-refractivity contribution in [3.63, 3.8) is 0 Å². The van der Waals surface area contributed by atoms with Gasteiger partial charge >= 0.3 is 6.61 Å². The van der Waals surface area contributed by atoms with E-state index in [0.29, 0.717) is 5.56 Å². The lowest BCUT2D eigenvalue weighted by molar-refractivity contribution is -0.0516. The summed E-state index contributed by atoms with van der Waals surface area (Å²) in [4.78, 5) is 2.07. The summed E-state index contributed by atoms with van der Waals surface area (Å²) in [5, 5.41) is 12.8. The molecule has 1 heterocycles. The molecule has 2 rings (SSSR count). The van der Waals surface area contributed by atoms with Gasteiger partial charge in [-0.2, -0.15) is 8.78 Å². The van der Waals surface area contributed by atoms with Crippen LogP contribution in [-0.2, 0) is 0 Å². The third kappa shape index (κ3) is 3.62. The first-order valence-electron chi connectivity index (χ1n) is 6.31. The first-order chi connectivity index (χ1) is 9.22. The minimum atomic E-state index is -2.86. The van der Waals surface area contributed by atoms with Gasteiger partial charge in [0.25, 0.3) is 0 Å². The molecule has 0 spiro atoms. The Morgan fingerprint density at radius 2 is 1.95 bits per heavy atom. The topological polar surface area (TPSA) is 44.7 Å². The van der Waals surface area contributed by atoms with Gasteiger partial charge in [0.05, 0.1) is 12.6 Å². The number of hydrogen-bond donors (Lipinski definition) is 2. The second kappa shape index (κ2) is 6.79. The molecule has 6 heteroatoms. The Labute approximate surface area is 111 Å². The van der Waals surface area contributed by atoms with Crippen LogP contribution in [0.5, 0.6) is 5.75 Å². The zero-order valence-electron chi connectivity index (χ0n) is 10.6. The molecule has 0 saturated carbocycles. The number of piperazine rings is 1. The molecule has 1 aliphatic heterocycles. The number of aliphatic hydroxyl groups is 1. The van der Waals surface area contributed by atoms with Gasteiger partial charge in [-0.3, -0.25) is 4.90 Å². The van der Waals surface area contributed by atoms with Crippen LogP contribution in [0.1, 0.15) is 11.6 Å². The van der Waals surface area contributed by atoms with Gasteiger partial charge in [-0.15, -0.1) is 0 Å². The Kier molecular flexibility index (Phi) is 5.07. The van der Waals surface area contributed by atoms with Crippen LogP contribution in [-0.4, -0.2) is 49.4 Å². The van der Waals surface area contributed by atoms with E-state index in [-0.39, 0.29) is 18.4 Å². The number of rotatable bonds is 5. The molecule has 4 nitrogen and oxygen atoms in total. The zero-order valence-corrected chi connectivity index (χ0v) is 10.6. The van der Waals surface area contributed by atoms with Gasteiger partial charge in [-0.1, -0.05) is 18.2 Å². The van der Waals surface area contributed by atoms with E-state index in [0.717, 1.165) is 26.2 Å². The van der Waals surface area contributed by atoms with Crippen molar-refractivity contribution >= 4 is 0 Å². The fourth-order valence-corrected chi connectivity index (χ4v) is 2.36. The average Bonchev–Trinajstić information content (AvgIpc) is 2.42. The molecule has 1 unspecified atom stereocenters. The number of aliphatic hydroxyl groups excluding tert-OH is 1. The number of nitrogens with zero attached hydrogens (tertiary/aromatic N) is 1. The minimum Gasteiger partial charge on any atom is -0.434 e. The Balaban J connectivity index is 2.21. The zero-order chi connectivity index (χ0) is 13.7. The second-order valence-corrected chi connectivity index (χ2v) is 4.40. The monoisotopic (exact) mass is 272 g/mol. The molecule has 1 atom stereocenters. The quantitative estimate of drug-likeness (QED) is 0.846. The van der Waals surface area contributed by atoms with E-state index in [1.165, 1.54) is 6.07 Å². The first kappa shape index (κ1) is 14.2. The summed E-state index contributed by atoms with van der Waals surface area (Å²) < 4.78 is 29.3. The fraction of sp³-hybridized carbons (Fsp3) is 0.538. The van der Waals surface area contributed by atoms with Gasteiger partial charge < -0.3 is 15.2 Å². The Hall–Kier alpha value is -1.24. The first-order valence-corrected chi connectivity index (χ1v) is 6.31. The lowest BCUT2D eigenvalue weighted by Gasteiger charge is -2.34. The molecular weight excluding hydrogens is 254 g/mol. The van der Waals surface area contributed by atoms with Crippen molar-refractivity contribution in [2.75, 3.05) is 32.8 Å². The van der Waals surface area contributed by atoms with Crippen LogP contribution >= 0.6 is 0 Å². The van der Waals surface area contributed by atoms with E-state index in [2.05, 4.69) is 15.0 Å². The van der Waals surface area contributed by atoms with Crippen molar-refractivity contribution < 1.29 is 18.6 Å². The maximum absolute atomic E-state index is 12.4. The maximum atomic E-state index is 12.4. The van der Waals surface area contributed by atoms with Gasteiger partial charge in [0, 0.05) is 31.7 Å². The smallest absolute Gasteiger partial charge is 0.387 e. The number of benzene rings is 1. The van der Waals surface area contributed by atoms with E-state index in [4.69, 9.17) is 0 Å². The van der Waals surface area contributed by atoms with Crippen molar-refractivity contribution in [1.82, 2.24) is 10.2 Å². The Morgan fingerprint density at radius 1 is 1.26 bits per heavy atom. The average molecular weight is 272 g/mol. The number of ether oxygens (including phenoxy) is 1. The van der Waals surface area contributed by atoms with E-state index in [9.17, 15) is 13.9 Å². The minimum absolute atomic E-state index is 0.121. The highest BCUT2D eigenvalue weighted by Gasteiger charge is 2.24. The normalized spacial score (nSPS) is 18.5. The van der Waals surface area contributed by atoms with Crippen LogP contribution in [0.2, 0.25) is 0 Å². The number of alkyl halides is 2. The SMILES string of the molecule is OCC(c1ccccc1OC(F)F)N1CCNCC1. The molecule has 0 amide bonds. The van der Waals surface area contributed by atoms with Gasteiger partial charge in [0.15, 0.2) is 0 Å². The van der Waals surface area contributed by atoms with Crippen molar-refractivity contribution in [3.05, 3.63) is 29.8 Å². The molecule has 1 aromatic rings. The summed E-state index contributed by atoms with van der Waals surface area (Å²) >= 11 is 0. The molecule has 106 valence electrons. The third-order valence-electron chi connectivity index (χ3n) is 3.26. The molecule has 2 N–H and O–H groups in total. The highest BCUT2D eigenvalue weighted by Crippen LogP contribution is 2.30. The van der Waals surface area contributed by atoms with E-state index < -0.39 is 6.61 Å². The summed E-state index contributed by atoms with van der Waals surface area (Å²) in [5.41, 5.74) is 0.604. The lowest BCUT2D eigenvalue weighted by Crippen LogP contribution is -2.46. The van der Waals surface area contributed by atoms with Crippen LogP contribution in [0.25, 0.3) is 0 Å². The second-order valence-electron chi connectivity index (χ2n) is 4.40. The molecular formula is C13H18F2N2O2. The summed E-state index contributed by atoms with van der Waals surface area (Å²) in [6.07, 6.45) is 0. The van der Waals surface area contributed by atoms with Crippen LogP contribution in [0.15, 0.2) is 24.3 Å². The molecule has 0 aliphatic carbocycles. The molecule has 19 heavy (non-hydrogen) atoms.